The van der Waals surface area contributed by atoms with Crippen molar-refractivity contribution in [3.63, 3.8) is 0 Å². The fourth-order valence-corrected chi connectivity index (χ4v) is 3.92. The highest BCUT2D eigenvalue weighted by atomic mass is 15.2. The average molecular weight is 238 g/mol. The standard InChI is InChI=1S/C15H30N2/c1-3-13-9-5-4-8-12-17(13)15-11-7-6-10-14(15)16-2/h13-16H,3-12H2,1-2H3. The molecule has 0 radical (unpaired) electrons. The number of likely N-dealkylation sites (N-methyl/N-ethyl adjacent to an activating group) is 1. The molecule has 2 aliphatic rings. The first kappa shape index (κ1) is 13.4. The molecule has 1 saturated heterocycles. The van der Waals surface area contributed by atoms with Crippen LogP contribution in [0.4, 0.5) is 0 Å². The van der Waals surface area contributed by atoms with Crippen LogP contribution in [0.25, 0.3) is 0 Å². The Labute approximate surface area is 107 Å². The maximum Gasteiger partial charge on any atom is 0.0252 e. The Morgan fingerprint density at radius 1 is 1.00 bits per heavy atom. The molecule has 100 valence electrons. The number of rotatable bonds is 3. The van der Waals surface area contributed by atoms with Crippen LogP contribution in [0.2, 0.25) is 0 Å². The number of hydrogen-bond donors (Lipinski definition) is 1. The van der Waals surface area contributed by atoms with Crippen LogP contribution in [0.3, 0.4) is 0 Å². The zero-order chi connectivity index (χ0) is 12.1. The molecular weight excluding hydrogens is 208 g/mol. The highest BCUT2D eigenvalue weighted by Crippen LogP contribution is 2.29. The minimum absolute atomic E-state index is 0.746. The Morgan fingerprint density at radius 2 is 1.76 bits per heavy atom. The van der Waals surface area contributed by atoms with E-state index in [9.17, 15) is 0 Å². The molecule has 3 atom stereocenters. The topological polar surface area (TPSA) is 15.3 Å². The Kier molecular flexibility index (Phi) is 5.30. The lowest BCUT2D eigenvalue weighted by Crippen LogP contribution is -2.54. The second-order valence-corrected chi connectivity index (χ2v) is 5.90. The lowest BCUT2D eigenvalue weighted by Gasteiger charge is -2.43. The summed E-state index contributed by atoms with van der Waals surface area (Å²) >= 11 is 0. The van der Waals surface area contributed by atoms with Gasteiger partial charge in [0, 0.05) is 18.1 Å². The lowest BCUT2D eigenvalue weighted by molar-refractivity contribution is 0.0806. The molecule has 0 bridgehead atoms. The molecule has 1 aliphatic heterocycles. The molecule has 2 heteroatoms. The molecule has 3 unspecified atom stereocenters. The molecule has 1 N–H and O–H groups in total. The maximum atomic E-state index is 3.57. The van der Waals surface area contributed by atoms with E-state index < -0.39 is 0 Å². The Hall–Kier alpha value is -0.0800. The molecule has 0 aromatic heterocycles. The summed E-state index contributed by atoms with van der Waals surface area (Å²) in [6, 6.07) is 2.42. The fourth-order valence-electron chi connectivity index (χ4n) is 3.92. The van der Waals surface area contributed by atoms with Gasteiger partial charge in [0.25, 0.3) is 0 Å². The van der Waals surface area contributed by atoms with E-state index in [0.29, 0.717) is 0 Å². The van der Waals surface area contributed by atoms with Gasteiger partial charge in [0.2, 0.25) is 0 Å². The van der Waals surface area contributed by atoms with Crippen LogP contribution in [0.15, 0.2) is 0 Å². The maximum absolute atomic E-state index is 3.57. The summed E-state index contributed by atoms with van der Waals surface area (Å²) < 4.78 is 0. The summed E-state index contributed by atoms with van der Waals surface area (Å²) in [6.07, 6.45) is 12.8. The SMILES string of the molecule is CCC1CCCCCN1C1CCCCC1NC. The average Bonchev–Trinajstić information content (AvgIpc) is 2.63. The van der Waals surface area contributed by atoms with Crippen LogP contribution in [-0.2, 0) is 0 Å². The predicted molar refractivity (Wildman–Crippen MR) is 74.4 cm³/mol. The van der Waals surface area contributed by atoms with Crippen LogP contribution in [-0.4, -0.2) is 36.6 Å². The highest BCUT2D eigenvalue weighted by molar-refractivity contribution is 4.91. The molecule has 17 heavy (non-hydrogen) atoms. The van der Waals surface area contributed by atoms with E-state index in [0.717, 1.165) is 18.1 Å². The first-order valence-electron chi connectivity index (χ1n) is 7.79. The summed E-state index contributed by atoms with van der Waals surface area (Å²) in [7, 11) is 2.15. The van der Waals surface area contributed by atoms with E-state index in [2.05, 4.69) is 24.2 Å². The van der Waals surface area contributed by atoms with Gasteiger partial charge >= 0.3 is 0 Å². The summed E-state index contributed by atoms with van der Waals surface area (Å²) in [5.74, 6) is 0. The second-order valence-electron chi connectivity index (χ2n) is 5.90. The molecule has 1 aliphatic carbocycles. The van der Waals surface area contributed by atoms with Crippen molar-refractivity contribution in [1.82, 2.24) is 10.2 Å². The van der Waals surface area contributed by atoms with Gasteiger partial charge in [0.1, 0.15) is 0 Å². The van der Waals surface area contributed by atoms with Crippen molar-refractivity contribution in [2.75, 3.05) is 13.6 Å². The molecule has 2 nitrogen and oxygen atoms in total. The van der Waals surface area contributed by atoms with Crippen molar-refractivity contribution < 1.29 is 0 Å². The van der Waals surface area contributed by atoms with E-state index in [1.54, 1.807) is 0 Å². The summed E-state index contributed by atoms with van der Waals surface area (Å²) in [5.41, 5.74) is 0. The quantitative estimate of drug-likeness (QED) is 0.812. The second kappa shape index (κ2) is 6.75. The van der Waals surface area contributed by atoms with Gasteiger partial charge in [-0.05, 0) is 45.7 Å². The van der Waals surface area contributed by atoms with Crippen molar-refractivity contribution in [3.8, 4) is 0 Å². The third-order valence-corrected chi connectivity index (χ3v) is 4.92. The van der Waals surface area contributed by atoms with E-state index in [4.69, 9.17) is 0 Å². The van der Waals surface area contributed by atoms with Crippen molar-refractivity contribution in [3.05, 3.63) is 0 Å². The Morgan fingerprint density at radius 3 is 2.53 bits per heavy atom. The monoisotopic (exact) mass is 238 g/mol. The number of likely N-dealkylation sites (tertiary alicyclic amines) is 1. The molecule has 2 fully saturated rings. The lowest BCUT2D eigenvalue weighted by atomic mass is 9.88. The summed E-state index contributed by atoms with van der Waals surface area (Å²) in [4.78, 5) is 2.87. The summed E-state index contributed by atoms with van der Waals surface area (Å²) in [5, 5.41) is 3.57. The van der Waals surface area contributed by atoms with Gasteiger partial charge in [-0.2, -0.15) is 0 Å². The zero-order valence-corrected chi connectivity index (χ0v) is 11.8. The molecule has 2 rings (SSSR count). The van der Waals surface area contributed by atoms with Crippen molar-refractivity contribution in [2.24, 2.45) is 0 Å². The molecule has 0 spiro atoms. The molecular formula is C15H30N2. The fraction of sp³-hybridized carbons (Fsp3) is 1.00. The van der Waals surface area contributed by atoms with Gasteiger partial charge < -0.3 is 5.32 Å². The van der Waals surface area contributed by atoms with Crippen LogP contribution < -0.4 is 5.32 Å². The van der Waals surface area contributed by atoms with Crippen LogP contribution in [0.1, 0.15) is 64.7 Å². The van der Waals surface area contributed by atoms with Crippen molar-refractivity contribution in [2.45, 2.75) is 82.8 Å². The molecule has 0 aromatic rings. The third kappa shape index (κ3) is 3.23. The highest BCUT2D eigenvalue weighted by Gasteiger charge is 2.32. The number of nitrogens with zero attached hydrogens (tertiary/aromatic N) is 1. The van der Waals surface area contributed by atoms with Gasteiger partial charge in [0.15, 0.2) is 0 Å². The minimum atomic E-state index is 0.746. The molecule has 0 amide bonds. The van der Waals surface area contributed by atoms with Crippen molar-refractivity contribution in [1.29, 1.82) is 0 Å². The van der Waals surface area contributed by atoms with Gasteiger partial charge in [0.05, 0.1) is 0 Å². The smallest absolute Gasteiger partial charge is 0.0252 e. The van der Waals surface area contributed by atoms with Crippen LogP contribution in [0, 0.1) is 0 Å². The number of nitrogens with one attached hydrogen (secondary N) is 1. The van der Waals surface area contributed by atoms with Gasteiger partial charge in [-0.15, -0.1) is 0 Å². The predicted octanol–water partition coefficient (Wildman–Crippen LogP) is 3.17. The van der Waals surface area contributed by atoms with E-state index in [-0.39, 0.29) is 0 Å². The van der Waals surface area contributed by atoms with Gasteiger partial charge in [-0.25, -0.2) is 0 Å². The van der Waals surface area contributed by atoms with Crippen LogP contribution in [0.5, 0.6) is 0 Å². The third-order valence-electron chi connectivity index (χ3n) is 4.92. The number of hydrogen-bond acceptors (Lipinski definition) is 2. The normalized spacial score (nSPS) is 36.7. The molecule has 0 aromatic carbocycles. The first-order valence-corrected chi connectivity index (χ1v) is 7.79. The minimum Gasteiger partial charge on any atom is -0.315 e. The summed E-state index contributed by atoms with van der Waals surface area (Å²) in [6.45, 7) is 3.72. The van der Waals surface area contributed by atoms with E-state index in [1.165, 1.54) is 64.3 Å². The van der Waals surface area contributed by atoms with Crippen molar-refractivity contribution >= 4 is 0 Å². The first-order chi connectivity index (χ1) is 8.36. The van der Waals surface area contributed by atoms with E-state index in [1.807, 2.05) is 0 Å². The zero-order valence-electron chi connectivity index (χ0n) is 11.8. The van der Waals surface area contributed by atoms with Crippen LogP contribution >= 0.6 is 0 Å². The van der Waals surface area contributed by atoms with Gasteiger partial charge in [-0.3, -0.25) is 4.90 Å². The largest absolute Gasteiger partial charge is 0.315 e. The Bertz CT molecular complexity index is 217. The van der Waals surface area contributed by atoms with Gasteiger partial charge in [-0.1, -0.05) is 32.6 Å². The van der Waals surface area contributed by atoms with E-state index >= 15 is 0 Å². The molecule has 1 heterocycles. The molecule has 1 saturated carbocycles. The Balaban J connectivity index is 2.04.